The van der Waals surface area contributed by atoms with Crippen LogP contribution in [0.25, 0.3) is 16.6 Å². The third-order valence-electron chi connectivity index (χ3n) is 4.44. The molecule has 0 fully saturated rings. The molecule has 1 aromatic carbocycles. The van der Waals surface area contributed by atoms with Crippen molar-refractivity contribution in [1.29, 1.82) is 0 Å². The van der Waals surface area contributed by atoms with Crippen molar-refractivity contribution in [2.75, 3.05) is 0 Å². The van der Waals surface area contributed by atoms with E-state index >= 15 is 0 Å². The van der Waals surface area contributed by atoms with Gasteiger partial charge in [-0.15, -0.1) is 0 Å². The first kappa shape index (κ1) is 15.5. The Labute approximate surface area is 142 Å². The molecule has 1 aliphatic rings. The lowest BCUT2D eigenvalue weighted by molar-refractivity contribution is -0.112. The largest absolute Gasteiger partial charge is 0.494 e. The Bertz CT molecular complexity index is 1130. The molecule has 6 heteroatoms. The Balaban J connectivity index is 2.09. The van der Waals surface area contributed by atoms with Crippen LogP contribution in [0.2, 0.25) is 0 Å². The number of carbonyl (C=O) groups is 1. The Hall–Kier alpha value is -3.02. The summed E-state index contributed by atoms with van der Waals surface area (Å²) in [7, 11) is 0. The van der Waals surface area contributed by atoms with Crippen molar-refractivity contribution < 1.29 is 14.3 Å². The number of fused-ring (bicyclic) bond motifs is 2. The quantitative estimate of drug-likeness (QED) is 0.792. The molecule has 3 aromatic rings. The molecule has 0 atom stereocenters. The second-order valence-corrected chi connectivity index (χ2v) is 6.03. The summed E-state index contributed by atoms with van der Waals surface area (Å²) in [6.45, 7) is 2.65. The topological polar surface area (TPSA) is 67.5 Å². The minimum Gasteiger partial charge on any atom is -0.494 e. The molecule has 3 heterocycles. The monoisotopic (exact) mass is 337 g/mol. The van der Waals surface area contributed by atoms with Crippen LogP contribution in [-0.2, 0) is 11.3 Å². The number of benzene rings is 1. The number of carbonyl (C=O) groups excluding carboxylic acids is 1. The van der Waals surface area contributed by atoms with Crippen LogP contribution in [-0.4, -0.2) is 20.6 Å². The van der Waals surface area contributed by atoms with E-state index in [2.05, 4.69) is 16.9 Å². The Morgan fingerprint density at radius 1 is 1.28 bits per heavy atom. The van der Waals surface area contributed by atoms with Crippen LogP contribution in [0.15, 0.2) is 41.5 Å². The predicted octanol–water partition coefficient (Wildman–Crippen LogP) is 2.04. The number of rotatable bonds is 4. The van der Waals surface area contributed by atoms with E-state index in [4.69, 9.17) is 0 Å². The molecule has 0 unspecified atom stereocenters. The van der Waals surface area contributed by atoms with Gasteiger partial charge < -0.3 is 5.11 Å². The van der Waals surface area contributed by atoms with Gasteiger partial charge in [0.2, 0.25) is 5.88 Å². The highest BCUT2D eigenvalue weighted by Crippen LogP contribution is 2.35. The first-order valence-corrected chi connectivity index (χ1v) is 8.21. The minimum atomic E-state index is -0.478. The SMILES string of the molecule is CCCCn1c(O)c(C2=c3cc(F)ccc3=NC2=O)c2cccnc21. The number of aryl methyl sites for hydroxylation is 1. The summed E-state index contributed by atoms with van der Waals surface area (Å²) < 4.78 is 15.4. The minimum absolute atomic E-state index is 0.0298. The van der Waals surface area contributed by atoms with Gasteiger partial charge in [0.05, 0.1) is 16.5 Å². The number of aromatic nitrogens is 2. The van der Waals surface area contributed by atoms with Crippen LogP contribution < -0.4 is 10.6 Å². The summed E-state index contributed by atoms with van der Waals surface area (Å²) in [5.74, 6) is -0.958. The molecular formula is C19H16FN3O2. The van der Waals surface area contributed by atoms with Gasteiger partial charge >= 0.3 is 0 Å². The summed E-state index contributed by atoms with van der Waals surface area (Å²) in [5.41, 5.74) is 1.20. The zero-order valence-corrected chi connectivity index (χ0v) is 13.7. The van der Waals surface area contributed by atoms with Gasteiger partial charge in [-0.1, -0.05) is 13.3 Å². The number of nitrogens with zero attached hydrogens (tertiary/aromatic N) is 3. The zero-order valence-electron chi connectivity index (χ0n) is 13.7. The third-order valence-corrected chi connectivity index (χ3v) is 4.44. The molecule has 5 nitrogen and oxygen atoms in total. The maximum atomic E-state index is 13.7. The Morgan fingerprint density at radius 3 is 2.92 bits per heavy atom. The molecule has 25 heavy (non-hydrogen) atoms. The molecule has 0 spiro atoms. The Morgan fingerprint density at radius 2 is 2.12 bits per heavy atom. The zero-order chi connectivity index (χ0) is 17.6. The van der Waals surface area contributed by atoms with E-state index in [0.29, 0.717) is 33.7 Å². The van der Waals surface area contributed by atoms with Gasteiger partial charge in [0.1, 0.15) is 11.5 Å². The number of aromatic hydroxyl groups is 1. The summed E-state index contributed by atoms with van der Waals surface area (Å²) in [6, 6.07) is 7.58. The molecule has 0 radical (unpaired) electrons. The van der Waals surface area contributed by atoms with Crippen LogP contribution >= 0.6 is 0 Å². The normalized spacial score (nSPS) is 13.4. The highest BCUT2D eigenvalue weighted by Gasteiger charge is 2.27. The van der Waals surface area contributed by atoms with Gasteiger partial charge in [0.25, 0.3) is 5.91 Å². The second-order valence-electron chi connectivity index (χ2n) is 6.03. The van der Waals surface area contributed by atoms with Crippen LogP contribution in [0, 0.1) is 5.82 Å². The van der Waals surface area contributed by atoms with E-state index < -0.39 is 11.7 Å². The lowest BCUT2D eigenvalue weighted by atomic mass is 10.0. The van der Waals surface area contributed by atoms with Gasteiger partial charge in [-0.3, -0.25) is 9.36 Å². The highest BCUT2D eigenvalue weighted by atomic mass is 19.1. The lowest BCUT2D eigenvalue weighted by Crippen LogP contribution is -2.23. The summed E-state index contributed by atoms with van der Waals surface area (Å²) >= 11 is 0. The molecular weight excluding hydrogens is 321 g/mol. The number of hydrogen-bond donors (Lipinski definition) is 1. The first-order valence-electron chi connectivity index (χ1n) is 8.21. The smallest absolute Gasteiger partial charge is 0.279 e. The van der Waals surface area contributed by atoms with Crippen molar-refractivity contribution in [3.8, 4) is 5.88 Å². The van der Waals surface area contributed by atoms with E-state index in [1.165, 1.54) is 18.2 Å². The highest BCUT2D eigenvalue weighted by molar-refractivity contribution is 6.24. The molecule has 4 rings (SSSR count). The first-order chi connectivity index (χ1) is 12.1. The fourth-order valence-electron chi connectivity index (χ4n) is 3.27. The molecule has 1 aliphatic heterocycles. The summed E-state index contributed by atoms with van der Waals surface area (Å²) in [6.07, 6.45) is 3.47. The predicted molar refractivity (Wildman–Crippen MR) is 91.0 cm³/mol. The van der Waals surface area contributed by atoms with Crippen molar-refractivity contribution >= 4 is 22.5 Å². The fourth-order valence-corrected chi connectivity index (χ4v) is 3.27. The number of halogens is 1. The average molecular weight is 337 g/mol. The number of amides is 1. The Kier molecular flexibility index (Phi) is 3.60. The maximum Gasteiger partial charge on any atom is 0.279 e. The van der Waals surface area contributed by atoms with Crippen LogP contribution in [0.4, 0.5) is 4.39 Å². The van der Waals surface area contributed by atoms with Crippen LogP contribution in [0.1, 0.15) is 25.3 Å². The van der Waals surface area contributed by atoms with Gasteiger partial charge in [0.15, 0.2) is 0 Å². The lowest BCUT2D eigenvalue weighted by Gasteiger charge is -2.05. The molecule has 0 saturated carbocycles. The number of unbranched alkanes of at least 4 members (excludes halogenated alkanes) is 1. The molecule has 1 N–H and O–H groups in total. The van der Waals surface area contributed by atoms with Crippen LogP contribution in [0.3, 0.4) is 0 Å². The van der Waals surface area contributed by atoms with E-state index in [-0.39, 0.29) is 11.5 Å². The molecule has 0 aliphatic carbocycles. The van der Waals surface area contributed by atoms with Crippen molar-refractivity contribution in [3.05, 3.63) is 58.5 Å². The number of hydrogen-bond acceptors (Lipinski definition) is 3. The van der Waals surface area contributed by atoms with Crippen molar-refractivity contribution in [2.24, 2.45) is 4.99 Å². The van der Waals surface area contributed by atoms with Crippen LogP contribution in [0.5, 0.6) is 5.88 Å². The molecule has 0 saturated heterocycles. The van der Waals surface area contributed by atoms with Gasteiger partial charge in [-0.05, 0) is 36.8 Å². The molecule has 2 aromatic heterocycles. The fraction of sp³-hybridized carbons (Fsp3) is 0.211. The molecule has 1 amide bonds. The van der Waals surface area contributed by atoms with Crippen molar-refractivity contribution in [2.45, 2.75) is 26.3 Å². The summed E-state index contributed by atoms with van der Waals surface area (Å²) in [5, 5.41) is 12.3. The third kappa shape index (κ3) is 2.33. The second kappa shape index (κ2) is 5.81. The van der Waals surface area contributed by atoms with E-state index in [1.807, 2.05) is 0 Å². The molecule has 126 valence electrons. The van der Waals surface area contributed by atoms with Crippen molar-refractivity contribution in [1.82, 2.24) is 9.55 Å². The standard InChI is InChI=1S/C19H16FN3O2/c1-2-3-9-23-17-12(5-4-8-21-17)16(19(23)25)15-13-10-11(20)6-7-14(13)22-18(15)24/h4-8,10,25H,2-3,9H2,1H3. The van der Waals surface area contributed by atoms with Gasteiger partial charge in [-0.2, -0.15) is 0 Å². The van der Waals surface area contributed by atoms with E-state index in [1.54, 1.807) is 22.9 Å². The van der Waals surface area contributed by atoms with Gasteiger partial charge in [-0.25, -0.2) is 14.4 Å². The van der Waals surface area contributed by atoms with E-state index in [0.717, 1.165) is 12.8 Å². The van der Waals surface area contributed by atoms with Crippen molar-refractivity contribution in [3.63, 3.8) is 0 Å². The number of pyridine rings is 1. The van der Waals surface area contributed by atoms with Gasteiger partial charge in [0, 0.05) is 23.3 Å². The maximum absolute atomic E-state index is 13.7. The average Bonchev–Trinajstić information content (AvgIpc) is 3.06. The van der Waals surface area contributed by atoms with E-state index in [9.17, 15) is 14.3 Å². The summed E-state index contributed by atoms with van der Waals surface area (Å²) in [4.78, 5) is 20.8. The molecule has 0 bridgehead atoms.